The maximum atomic E-state index is 13.3. The lowest BCUT2D eigenvalue weighted by molar-refractivity contribution is 0.0817. The van der Waals surface area contributed by atoms with Crippen molar-refractivity contribution < 1.29 is 17.9 Å². The average Bonchev–Trinajstić information content (AvgIpc) is 2.14. The first-order valence-electron chi connectivity index (χ1n) is 4.46. The fourth-order valence-corrected chi connectivity index (χ4v) is 1.13. The molecule has 5 heteroatoms. The van der Waals surface area contributed by atoms with Crippen molar-refractivity contribution in [2.24, 2.45) is 5.73 Å². The first kappa shape index (κ1) is 11.8. The van der Waals surface area contributed by atoms with Crippen molar-refractivity contribution >= 4 is 0 Å². The predicted molar refractivity (Wildman–Crippen MR) is 50.5 cm³/mol. The van der Waals surface area contributed by atoms with Crippen molar-refractivity contribution in [1.82, 2.24) is 0 Å². The summed E-state index contributed by atoms with van der Waals surface area (Å²) in [5, 5.41) is 0. The minimum absolute atomic E-state index is 0.0807. The molecule has 0 aliphatic heterocycles. The van der Waals surface area contributed by atoms with Gasteiger partial charge in [-0.3, -0.25) is 0 Å². The highest BCUT2D eigenvalue weighted by molar-refractivity contribution is 5.30. The SMILES string of the molecule is C[C@@H](N)c1ccc(OCC(F)F)cc1F. The molecule has 2 N–H and O–H groups in total. The van der Waals surface area contributed by atoms with Gasteiger partial charge in [0, 0.05) is 17.7 Å². The van der Waals surface area contributed by atoms with Gasteiger partial charge in [-0.1, -0.05) is 6.07 Å². The number of benzene rings is 1. The zero-order valence-electron chi connectivity index (χ0n) is 8.21. The van der Waals surface area contributed by atoms with E-state index < -0.39 is 24.9 Å². The molecule has 0 aromatic heterocycles. The first-order valence-corrected chi connectivity index (χ1v) is 4.46. The summed E-state index contributed by atoms with van der Waals surface area (Å²) in [6.45, 7) is 0.898. The van der Waals surface area contributed by atoms with Crippen LogP contribution in [0.1, 0.15) is 18.5 Å². The van der Waals surface area contributed by atoms with Crippen molar-refractivity contribution in [2.75, 3.05) is 6.61 Å². The van der Waals surface area contributed by atoms with Gasteiger partial charge in [-0.2, -0.15) is 0 Å². The fraction of sp³-hybridized carbons (Fsp3) is 0.400. The van der Waals surface area contributed by atoms with Gasteiger partial charge in [0.2, 0.25) is 0 Å². The summed E-state index contributed by atoms with van der Waals surface area (Å²) in [4.78, 5) is 0. The van der Waals surface area contributed by atoms with Gasteiger partial charge < -0.3 is 10.5 Å². The molecule has 0 radical (unpaired) electrons. The molecule has 2 nitrogen and oxygen atoms in total. The quantitative estimate of drug-likeness (QED) is 0.844. The molecule has 0 bridgehead atoms. The Bertz CT molecular complexity index is 328. The van der Waals surface area contributed by atoms with Crippen LogP contribution in [0.3, 0.4) is 0 Å². The molecule has 1 aromatic carbocycles. The van der Waals surface area contributed by atoms with E-state index in [1.807, 2.05) is 0 Å². The van der Waals surface area contributed by atoms with Gasteiger partial charge in [0.1, 0.15) is 18.2 Å². The van der Waals surface area contributed by atoms with Crippen LogP contribution in [0.5, 0.6) is 5.75 Å². The molecule has 0 amide bonds. The predicted octanol–water partition coefficient (Wildman–Crippen LogP) is 2.49. The summed E-state index contributed by atoms with van der Waals surface area (Å²) in [6.07, 6.45) is -2.57. The van der Waals surface area contributed by atoms with Crippen molar-refractivity contribution in [3.8, 4) is 5.75 Å². The van der Waals surface area contributed by atoms with E-state index in [2.05, 4.69) is 4.74 Å². The Labute approximate surface area is 85.8 Å². The van der Waals surface area contributed by atoms with E-state index in [-0.39, 0.29) is 5.75 Å². The van der Waals surface area contributed by atoms with Crippen LogP contribution >= 0.6 is 0 Å². The number of alkyl halides is 2. The van der Waals surface area contributed by atoms with E-state index in [0.29, 0.717) is 5.56 Å². The van der Waals surface area contributed by atoms with Crippen LogP contribution in [0.2, 0.25) is 0 Å². The third-order valence-corrected chi connectivity index (χ3v) is 1.84. The third-order valence-electron chi connectivity index (χ3n) is 1.84. The number of hydrogen-bond donors (Lipinski definition) is 1. The molecule has 1 atom stereocenters. The maximum absolute atomic E-state index is 13.3. The molecule has 0 saturated heterocycles. The summed E-state index contributed by atoms with van der Waals surface area (Å²) >= 11 is 0. The third kappa shape index (κ3) is 3.43. The van der Waals surface area contributed by atoms with Crippen molar-refractivity contribution in [1.29, 1.82) is 0 Å². The molecule has 0 spiro atoms. The molecule has 15 heavy (non-hydrogen) atoms. The van der Waals surface area contributed by atoms with E-state index in [4.69, 9.17) is 5.73 Å². The van der Waals surface area contributed by atoms with E-state index in [9.17, 15) is 13.2 Å². The van der Waals surface area contributed by atoms with E-state index in [1.54, 1.807) is 6.92 Å². The van der Waals surface area contributed by atoms with Crippen LogP contribution in [0, 0.1) is 5.82 Å². The number of hydrogen-bond acceptors (Lipinski definition) is 2. The number of nitrogens with two attached hydrogens (primary N) is 1. The Morgan fingerprint density at radius 2 is 2.07 bits per heavy atom. The molecular weight excluding hydrogens is 207 g/mol. The summed E-state index contributed by atoms with van der Waals surface area (Å²) in [5.41, 5.74) is 5.82. The van der Waals surface area contributed by atoms with Gasteiger partial charge >= 0.3 is 0 Å². The van der Waals surface area contributed by atoms with Gasteiger partial charge in [0.25, 0.3) is 6.43 Å². The molecule has 0 saturated carbocycles. The van der Waals surface area contributed by atoms with Crippen LogP contribution in [-0.4, -0.2) is 13.0 Å². The van der Waals surface area contributed by atoms with Crippen LogP contribution < -0.4 is 10.5 Å². The lowest BCUT2D eigenvalue weighted by Crippen LogP contribution is -2.09. The molecule has 84 valence electrons. The van der Waals surface area contributed by atoms with Crippen LogP contribution in [0.4, 0.5) is 13.2 Å². The summed E-state index contributed by atoms with van der Waals surface area (Å²) in [6, 6.07) is 3.47. The lowest BCUT2D eigenvalue weighted by Gasteiger charge is -2.10. The molecule has 0 aliphatic rings. The van der Waals surface area contributed by atoms with Gasteiger partial charge in [-0.05, 0) is 13.0 Å². The molecule has 1 rings (SSSR count). The first-order chi connectivity index (χ1) is 7.00. The fourth-order valence-electron chi connectivity index (χ4n) is 1.13. The van der Waals surface area contributed by atoms with Crippen molar-refractivity contribution in [2.45, 2.75) is 19.4 Å². The smallest absolute Gasteiger partial charge is 0.272 e. The minimum atomic E-state index is -2.57. The Balaban J connectivity index is 2.73. The second-order valence-corrected chi connectivity index (χ2v) is 3.17. The van der Waals surface area contributed by atoms with Gasteiger partial charge in [-0.15, -0.1) is 0 Å². The van der Waals surface area contributed by atoms with Crippen LogP contribution in [-0.2, 0) is 0 Å². The highest BCUT2D eigenvalue weighted by Crippen LogP contribution is 2.20. The normalized spacial score (nSPS) is 12.9. The molecule has 1 aromatic rings. The van der Waals surface area contributed by atoms with Crippen molar-refractivity contribution in [3.05, 3.63) is 29.6 Å². The number of halogens is 3. The average molecular weight is 219 g/mol. The molecule has 0 aliphatic carbocycles. The highest BCUT2D eigenvalue weighted by Gasteiger charge is 2.09. The van der Waals surface area contributed by atoms with Crippen LogP contribution in [0.25, 0.3) is 0 Å². The Hall–Kier alpha value is -1.23. The molecule has 0 fully saturated rings. The topological polar surface area (TPSA) is 35.2 Å². The summed E-state index contributed by atoms with van der Waals surface area (Å²) in [5.74, 6) is -0.464. The summed E-state index contributed by atoms with van der Waals surface area (Å²) < 4.78 is 41.5. The number of ether oxygens (including phenoxy) is 1. The molecule has 0 unspecified atom stereocenters. The monoisotopic (exact) mass is 219 g/mol. The Morgan fingerprint density at radius 3 is 2.53 bits per heavy atom. The van der Waals surface area contributed by atoms with Gasteiger partial charge in [-0.25, -0.2) is 13.2 Å². The van der Waals surface area contributed by atoms with Crippen molar-refractivity contribution in [3.63, 3.8) is 0 Å². The van der Waals surface area contributed by atoms with E-state index >= 15 is 0 Å². The lowest BCUT2D eigenvalue weighted by atomic mass is 10.1. The molecular formula is C10H12F3NO. The van der Waals surface area contributed by atoms with Crippen LogP contribution in [0.15, 0.2) is 18.2 Å². The second kappa shape index (κ2) is 5.02. The molecule has 0 heterocycles. The largest absolute Gasteiger partial charge is 0.488 e. The summed E-state index contributed by atoms with van der Waals surface area (Å²) in [7, 11) is 0. The zero-order chi connectivity index (χ0) is 11.4. The second-order valence-electron chi connectivity index (χ2n) is 3.17. The highest BCUT2D eigenvalue weighted by atomic mass is 19.3. The van der Waals surface area contributed by atoms with E-state index in [0.717, 1.165) is 6.07 Å². The Morgan fingerprint density at radius 1 is 1.40 bits per heavy atom. The van der Waals surface area contributed by atoms with E-state index in [1.165, 1.54) is 12.1 Å². The van der Waals surface area contributed by atoms with Gasteiger partial charge in [0.15, 0.2) is 0 Å². The number of rotatable bonds is 4. The van der Waals surface area contributed by atoms with Gasteiger partial charge in [0.05, 0.1) is 0 Å². The minimum Gasteiger partial charge on any atom is -0.488 e. The Kier molecular flexibility index (Phi) is 3.96. The maximum Gasteiger partial charge on any atom is 0.272 e. The zero-order valence-corrected chi connectivity index (χ0v) is 8.21. The standard InChI is InChI=1S/C10H12F3NO/c1-6(14)8-3-2-7(4-9(8)11)15-5-10(12)13/h2-4,6,10H,5,14H2,1H3/t6-/m1/s1.